The lowest BCUT2D eigenvalue weighted by atomic mass is 10.0. The predicted molar refractivity (Wildman–Crippen MR) is 76.1 cm³/mol. The molecule has 0 fully saturated rings. The highest BCUT2D eigenvalue weighted by atomic mass is 19.1. The fourth-order valence-electron chi connectivity index (χ4n) is 2.24. The zero-order chi connectivity index (χ0) is 14.8. The van der Waals surface area contributed by atoms with Gasteiger partial charge in [0, 0.05) is 29.6 Å². The molecule has 1 aromatic heterocycles. The number of ketones is 1. The van der Waals surface area contributed by atoms with Crippen LogP contribution in [0.3, 0.4) is 0 Å². The first kappa shape index (κ1) is 13.4. The van der Waals surface area contributed by atoms with Crippen LogP contribution in [-0.2, 0) is 6.42 Å². The van der Waals surface area contributed by atoms with E-state index in [0.29, 0.717) is 16.6 Å². The van der Waals surface area contributed by atoms with Crippen LogP contribution in [0.25, 0.3) is 10.9 Å². The Morgan fingerprint density at radius 1 is 1.00 bits per heavy atom. The van der Waals surface area contributed by atoms with Gasteiger partial charge >= 0.3 is 0 Å². The molecule has 4 heteroatoms. The standard InChI is InChI=1S/C17H11F2NO/c18-14-6-11(7-15(19)10-14)8-17(21)13-4-3-12-2-1-5-20-16(12)9-13/h1-7,9-10H,8H2. The van der Waals surface area contributed by atoms with Gasteiger partial charge in [-0.1, -0.05) is 18.2 Å². The molecule has 0 amide bonds. The molecule has 0 aliphatic carbocycles. The fraction of sp³-hybridized carbons (Fsp3) is 0.0588. The minimum Gasteiger partial charge on any atom is -0.294 e. The normalized spacial score (nSPS) is 10.8. The molecule has 0 bridgehead atoms. The van der Waals surface area contributed by atoms with Crippen LogP contribution >= 0.6 is 0 Å². The molecule has 0 aliphatic heterocycles. The Hall–Kier alpha value is -2.62. The van der Waals surface area contributed by atoms with Crippen molar-refractivity contribution in [2.75, 3.05) is 0 Å². The van der Waals surface area contributed by atoms with Gasteiger partial charge in [-0.15, -0.1) is 0 Å². The van der Waals surface area contributed by atoms with Crippen molar-refractivity contribution in [3.63, 3.8) is 0 Å². The first-order chi connectivity index (χ1) is 10.1. The summed E-state index contributed by atoms with van der Waals surface area (Å²) in [6.07, 6.45) is 1.60. The van der Waals surface area contributed by atoms with E-state index in [1.807, 2.05) is 18.2 Å². The molecule has 21 heavy (non-hydrogen) atoms. The molecule has 0 saturated carbocycles. The van der Waals surface area contributed by atoms with Crippen LogP contribution in [0.4, 0.5) is 8.78 Å². The zero-order valence-electron chi connectivity index (χ0n) is 11.0. The quantitative estimate of drug-likeness (QED) is 0.681. The van der Waals surface area contributed by atoms with E-state index >= 15 is 0 Å². The van der Waals surface area contributed by atoms with Crippen LogP contribution in [0.5, 0.6) is 0 Å². The molecule has 0 N–H and O–H groups in total. The van der Waals surface area contributed by atoms with Crippen molar-refractivity contribution in [1.29, 1.82) is 0 Å². The van der Waals surface area contributed by atoms with Crippen molar-refractivity contribution in [1.82, 2.24) is 4.98 Å². The molecule has 104 valence electrons. The van der Waals surface area contributed by atoms with Gasteiger partial charge in [0.05, 0.1) is 5.52 Å². The lowest BCUT2D eigenvalue weighted by Crippen LogP contribution is -2.04. The van der Waals surface area contributed by atoms with Gasteiger partial charge in [0.1, 0.15) is 11.6 Å². The molecule has 0 saturated heterocycles. The van der Waals surface area contributed by atoms with E-state index < -0.39 is 11.6 Å². The van der Waals surface area contributed by atoms with E-state index in [1.54, 1.807) is 18.3 Å². The number of Topliss-reactive ketones (excluding diaryl/α,β-unsaturated/α-hetero) is 1. The minimum atomic E-state index is -0.682. The molecule has 2 nitrogen and oxygen atoms in total. The number of hydrogen-bond donors (Lipinski definition) is 0. The fourth-order valence-corrected chi connectivity index (χ4v) is 2.24. The number of nitrogens with zero attached hydrogens (tertiary/aromatic N) is 1. The summed E-state index contributed by atoms with van der Waals surface area (Å²) in [5.74, 6) is -1.57. The van der Waals surface area contributed by atoms with Gasteiger partial charge in [0.25, 0.3) is 0 Å². The second-order valence-corrected chi connectivity index (χ2v) is 4.79. The number of fused-ring (bicyclic) bond motifs is 1. The molecule has 3 aromatic rings. The highest BCUT2D eigenvalue weighted by Crippen LogP contribution is 2.16. The van der Waals surface area contributed by atoms with Crippen LogP contribution in [0.2, 0.25) is 0 Å². The summed E-state index contributed by atoms with van der Waals surface area (Å²) < 4.78 is 26.3. The van der Waals surface area contributed by atoms with Crippen molar-refractivity contribution < 1.29 is 13.6 Å². The Labute approximate surface area is 120 Å². The van der Waals surface area contributed by atoms with Gasteiger partial charge in [-0.3, -0.25) is 9.78 Å². The van der Waals surface area contributed by atoms with Gasteiger partial charge in [0.15, 0.2) is 5.78 Å². The SMILES string of the molecule is O=C(Cc1cc(F)cc(F)c1)c1ccc2cccnc2c1. The van der Waals surface area contributed by atoms with Gasteiger partial charge in [-0.25, -0.2) is 8.78 Å². The van der Waals surface area contributed by atoms with Crippen LogP contribution in [0.15, 0.2) is 54.7 Å². The molecule has 0 atom stereocenters. The summed E-state index contributed by atoms with van der Waals surface area (Å²) in [6, 6.07) is 12.0. The van der Waals surface area contributed by atoms with Gasteiger partial charge < -0.3 is 0 Å². The predicted octanol–water partition coefficient (Wildman–Crippen LogP) is 3.94. The monoisotopic (exact) mass is 283 g/mol. The summed E-state index contributed by atoms with van der Waals surface area (Å²) in [5.41, 5.74) is 1.51. The van der Waals surface area contributed by atoms with Crippen molar-refractivity contribution in [3.05, 3.63) is 77.5 Å². The number of aromatic nitrogens is 1. The lowest BCUT2D eigenvalue weighted by Gasteiger charge is -2.04. The van der Waals surface area contributed by atoms with Crippen LogP contribution in [0.1, 0.15) is 15.9 Å². The smallest absolute Gasteiger partial charge is 0.167 e. The number of halogens is 2. The molecule has 0 aliphatic rings. The van der Waals surface area contributed by atoms with Crippen molar-refractivity contribution in [2.45, 2.75) is 6.42 Å². The maximum Gasteiger partial charge on any atom is 0.167 e. The topological polar surface area (TPSA) is 30.0 Å². The first-order valence-corrected chi connectivity index (χ1v) is 6.45. The number of hydrogen-bond acceptors (Lipinski definition) is 2. The average molecular weight is 283 g/mol. The third-order valence-corrected chi connectivity index (χ3v) is 3.21. The molecular weight excluding hydrogens is 272 g/mol. The van der Waals surface area contributed by atoms with E-state index in [0.717, 1.165) is 11.5 Å². The van der Waals surface area contributed by atoms with Gasteiger partial charge in [-0.2, -0.15) is 0 Å². The largest absolute Gasteiger partial charge is 0.294 e. The van der Waals surface area contributed by atoms with Gasteiger partial charge in [0.2, 0.25) is 0 Å². The van der Waals surface area contributed by atoms with Crippen molar-refractivity contribution in [3.8, 4) is 0 Å². The lowest BCUT2D eigenvalue weighted by molar-refractivity contribution is 0.0993. The van der Waals surface area contributed by atoms with Gasteiger partial charge in [-0.05, 0) is 29.8 Å². The molecular formula is C17H11F2NO. The molecule has 2 aromatic carbocycles. The average Bonchev–Trinajstić information content (AvgIpc) is 2.45. The highest BCUT2D eigenvalue weighted by Gasteiger charge is 2.10. The summed E-state index contributed by atoms with van der Waals surface area (Å²) in [7, 11) is 0. The highest BCUT2D eigenvalue weighted by molar-refractivity contribution is 6.00. The van der Waals surface area contributed by atoms with Crippen LogP contribution < -0.4 is 0 Å². The Kier molecular flexibility index (Phi) is 3.44. The van der Waals surface area contributed by atoms with E-state index in [-0.39, 0.29) is 12.2 Å². The second-order valence-electron chi connectivity index (χ2n) is 4.79. The summed E-state index contributed by atoms with van der Waals surface area (Å²) in [5, 5.41) is 0.936. The second kappa shape index (κ2) is 5.40. The third-order valence-electron chi connectivity index (χ3n) is 3.21. The number of pyridine rings is 1. The molecule has 1 heterocycles. The minimum absolute atomic E-state index is 0.0486. The first-order valence-electron chi connectivity index (χ1n) is 6.45. The van der Waals surface area contributed by atoms with E-state index in [4.69, 9.17) is 0 Å². The Morgan fingerprint density at radius 2 is 1.76 bits per heavy atom. The Bertz CT molecular complexity index is 810. The number of benzene rings is 2. The van der Waals surface area contributed by atoms with E-state index in [2.05, 4.69) is 4.98 Å². The number of carbonyl (C=O) groups excluding carboxylic acids is 1. The Morgan fingerprint density at radius 3 is 2.52 bits per heavy atom. The third kappa shape index (κ3) is 2.94. The summed E-state index contributed by atoms with van der Waals surface area (Å²) >= 11 is 0. The molecule has 0 radical (unpaired) electrons. The maximum atomic E-state index is 13.1. The van der Waals surface area contributed by atoms with Crippen molar-refractivity contribution in [2.24, 2.45) is 0 Å². The zero-order valence-corrected chi connectivity index (χ0v) is 11.0. The number of rotatable bonds is 3. The van der Waals surface area contributed by atoms with E-state index in [1.165, 1.54) is 12.1 Å². The molecule has 0 spiro atoms. The molecule has 3 rings (SSSR count). The number of carbonyl (C=O) groups is 1. The van der Waals surface area contributed by atoms with Crippen LogP contribution in [0, 0.1) is 11.6 Å². The summed E-state index contributed by atoms with van der Waals surface area (Å²) in [6.45, 7) is 0. The Balaban J connectivity index is 1.89. The summed E-state index contributed by atoms with van der Waals surface area (Å²) in [4.78, 5) is 16.4. The van der Waals surface area contributed by atoms with E-state index in [9.17, 15) is 13.6 Å². The van der Waals surface area contributed by atoms with Crippen molar-refractivity contribution >= 4 is 16.7 Å². The van der Waals surface area contributed by atoms with Crippen LogP contribution in [-0.4, -0.2) is 10.8 Å². The molecule has 0 unspecified atom stereocenters. The maximum absolute atomic E-state index is 13.1.